The maximum Gasteiger partial charge on any atom is 0.321 e. The Morgan fingerprint density at radius 2 is 2.38 bits per heavy atom. The molecule has 16 heavy (non-hydrogen) atoms. The van der Waals surface area contributed by atoms with E-state index in [4.69, 9.17) is 9.82 Å². The standard InChI is InChI=1S/C9H15N3O2.CH4.FH/c1-6(2)12-8(9(13)14)3-7-4-10-5-11-7;;/h4-6,8,12H,3H2,1-2H3,(H,10,11)(H,13,14);1H4;1H/t8-;;/m0../s1/i/hT. The lowest BCUT2D eigenvalue weighted by molar-refractivity contribution is -0.139. The molecule has 0 spiro atoms. The van der Waals surface area contributed by atoms with Crippen molar-refractivity contribution < 1.29 is 14.6 Å². The van der Waals surface area contributed by atoms with Crippen LogP contribution < -0.4 is 5.32 Å². The molecule has 0 unspecified atom stereocenters. The monoisotopic (exact) mass is 235 g/mol. The molecule has 6 heteroatoms. The maximum absolute atomic E-state index is 10.9. The van der Waals surface area contributed by atoms with Gasteiger partial charge in [-0.15, -0.1) is 0 Å². The Kier molecular flexibility index (Phi) is 7.11. The lowest BCUT2D eigenvalue weighted by Crippen LogP contribution is -2.42. The molecular formula is C10H20FN3O2. The molecule has 0 saturated heterocycles. The smallest absolute Gasteiger partial charge is 0.321 e. The van der Waals surface area contributed by atoms with Crippen molar-refractivity contribution in [2.45, 2.75) is 39.8 Å². The van der Waals surface area contributed by atoms with Crippen molar-refractivity contribution in [1.29, 1.82) is 1.45 Å². The molecular weight excluding hydrogens is 213 g/mol. The van der Waals surface area contributed by atoms with Crippen molar-refractivity contribution in [2.75, 3.05) is 0 Å². The molecule has 3 N–H and O–H groups in total. The van der Waals surface area contributed by atoms with Crippen molar-refractivity contribution in [1.82, 2.24) is 15.3 Å². The number of nitrogens with zero attached hydrogens (tertiary/aromatic N) is 1. The number of carboxylic acids is 1. The van der Waals surface area contributed by atoms with Gasteiger partial charge in [0.1, 0.15) is 6.04 Å². The average molecular weight is 235 g/mol. The lowest BCUT2D eigenvalue weighted by Gasteiger charge is -2.16. The van der Waals surface area contributed by atoms with Gasteiger partial charge in [-0.1, -0.05) is 21.3 Å². The molecule has 1 rings (SSSR count). The van der Waals surface area contributed by atoms with Gasteiger partial charge in [0, 0.05) is 24.4 Å². The Hall–Kier alpha value is -1.43. The minimum absolute atomic E-state index is 0. The number of carboxylic acid groups (broad SMARTS) is 1. The predicted octanol–water partition coefficient (Wildman–Crippen LogP) is 1.19. The van der Waals surface area contributed by atoms with Crippen LogP contribution in [0.1, 0.15) is 27.0 Å². The van der Waals surface area contributed by atoms with E-state index in [2.05, 4.69) is 16.7 Å². The van der Waals surface area contributed by atoms with Crippen molar-refractivity contribution in [3.05, 3.63) is 18.2 Å². The quantitative estimate of drug-likeness (QED) is 0.716. The predicted molar refractivity (Wildman–Crippen MR) is 61.2 cm³/mol. The molecule has 0 aliphatic rings. The molecule has 5 nitrogen and oxygen atoms in total. The Morgan fingerprint density at radius 3 is 2.75 bits per heavy atom. The van der Waals surface area contributed by atoms with E-state index in [9.17, 15) is 4.79 Å². The summed E-state index contributed by atoms with van der Waals surface area (Å²) < 4.78 is 13.0. The Balaban J connectivity index is 0. The molecule has 0 amide bonds. The van der Waals surface area contributed by atoms with E-state index in [-0.39, 0.29) is 13.5 Å². The average Bonchev–Trinajstić information content (AvgIpc) is 2.72. The topological polar surface area (TPSA) is 78.0 Å². The molecule has 0 saturated carbocycles. The Bertz CT molecular complexity index is 294. The highest BCUT2D eigenvalue weighted by atomic mass is 19.0. The van der Waals surface area contributed by atoms with Gasteiger partial charge in [0.05, 0.1) is 6.33 Å². The van der Waals surface area contributed by atoms with Gasteiger partial charge in [-0.3, -0.25) is 9.51 Å². The molecule has 0 radical (unpaired) electrons. The van der Waals surface area contributed by atoms with Gasteiger partial charge in [0.25, 0.3) is 1.45 Å². The highest BCUT2D eigenvalue weighted by Gasteiger charge is 2.18. The van der Waals surface area contributed by atoms with E-state index >= 15 is 0 Å². The Morgan fingerprint density at radius 1 is 1.75 bits per heavy atom. The molecule has 0 bridgehead atoms. The summed E-state index contributed by atoms with van der Waals surface area (Å²) in [4.78, 5) is 17.6. The number of aromatic amines is 1. The molecule has 0 aliphatic carbocycles. The van der Waals surface area contributed by atoms with E-state index in [1.165, 1.54) is 0 Å². The van der Waals surface area contributed by atoms with E-state index in [0.717, 1.165) is 5.69 Å². The van der Waals surface area contributed by atoms with Crippen molar-refractivity contribution in [2.24, 2.45) is 0 Å². The number of rotatable bonds is 5. The van der Waals surface area contributed by atoms with Crippen molar-refractivity contribution in [3.63, 3.8) is 0 Å². The SMILES string of the molecule is C.CC(C)N[C@@H](Cc1cnc[nH]1)C(=O)O.[3H]F. The number of aliphatic carboxylic acids is 1. The van der Waals surface area contributed by atoms with E-state index < -0.39 is 12.0 Å². The maximum atomic E-state index is 10.9. The molecule has 94 valence electrons. The van der Waals surface area contributed by atoms with E-state index in [1.54, 1.807) is 12.5 Å². The van der Waals surface area contributed by atoms with Gasteiger partial charge in [0.2, 0.25) is 0 Å². The molecule has 1 aromatic rings. The first-order valence-corrected chi connectivity index (χ1v) is 4.55. The van der Waals surface area contributed by atoms with Crippen LogP contribution in [0.25, 0.3) is 0 Å². The minimum Gasteiger partial charge on any atom is -0.480 e. The second-order valence-electron chi connectivity index (χ2n) is 3.49. The lowest BCUT2D eigenvalue weighted by atomic mass is 10.1. The molecule has 0 aromatic carbocycles. The summed E-state index contributed by atoms with van der Waals surface area (Å²) in [6.07, 6.45) is 3.61. The van der Waals surface area contributed by atoms with Crippen LogP contribution in [0.4, 0.5) is 4.72 Å². The molecule has 1 aromatic heterocycles. The molecule has 0 aliphatic heterocycles. The highest BCUT2D eigenvalue weighted by molar-refractivity contribution is 5.73. The molecule has 1 atom stereocenters. The zero-order valence-corrected chi connectivity index (χ0v) is 8.70. The van der Waals surface area contributed by atoms with Gasteiger partial charge in [-0.25, -0.2) is 4.98 Å². The third-order valence-corrected chi connectivity index (χ3v) is 1.81. The first kappa shape index (κ1) is 14.6. The van der Waals surface area contributed by atoms with Crippen LogP contribution >= 0.6 is 0 Å². The van der Waals surface area contributed by atoms with E-state index in [0.29, 0.717) is 6.42 Å². The van der Waals surface area contributed by atoms with Gasteiger partial charge < -0.3 is 15.4 Å². The number of halogens is 1. The third-order valence-electron chi connectivity index (χ3n) is 1.81. The second-order valence-corrected chi connectivity index (χ2v) is 3.49. The summed E-state index contributed by atoms with van der Waals surface area (Å²) >= 11 is 0. The highest BCUT2D eigenvalue weighted by Crippen LogP contribution is 1.99. The third kappa shape index (κ3) is 5.45. The summed E-state index contributed by atoms with van der Waals surface area (Å²) in [6.45, 7) is 3.84. The number of hydrogen-bond donors (Lipinski definition) is 3. The number of aromatic nitrogens is 2. The van der Waals surface area contributed by atoms with Crippen LogP contribution in [0.5, 0.6) is 0 Å². The van der Waals surface area contributed by atoms with Crippen LogP contribution in [-0.4, -0.2) is 34.6 Å². The fraction of sp³-hybridized carbons (Fsp3) is 0.600. The van der Waals surface area contributed by atoms with Crippen LogP contribution in [0.15, 0.2) is 12.5 Å². The summed E-state index contributed by atoms with van der Waals surface area (Å²) in [7, 11) is 0. The van der Waals surface area contributed by atoms with Crippen molar-refractivity contribution >= 4 is 5.97 Å². The summed E-state index contributed by atoms with van der Waals surface area (Å²) in [5.74, 6) is -0.840. The van der Waals surface area contributed by atoms with Gasteiger partial charge in [0.15, 0.2) is 0 Å². The van der Waals surface area contributed by atoms with Gasteiger partial charge in [-0.2, -0.15) is 0 Å². The van der Waals surface area contributed by atoms with Gasteiger partial charge >= 0.3 is 5.97 Å². The number of carbonyl (C=O) groups is 1. The summed E-state index contributed by atoms with van der Waals surface area (Å²) in [6, 6.07) is -0.408. The molecule has 0 fully saturated rings. The summed E-state index contributed by atoms with van der Waals surface area (Å²) in [5, 5.41) is 11.9. The fourth-order valence-electron chi connectivity index (χ4n) is 1.24. The number of hydrogen-bond acceptors (Lipinski definition) is 3. The van der Waals surface area contributed by atoms with E-state index in [1.807, 2.05) is 13.8 Å². The number of nitrogens with one attached hydrogen (secondary N) is 2. The van der Waals surface area contributed by atoms with Crippen molar-refractivity contribution in [3.8, 4) is 0 Å². The first-order valence-electron chi connectivity index (χ1n) is 4.93. The number of H-pyrrole nitrogens is 1. The second kappa shape index (κ2) is 7.81. The zero-order chi connectivity index (χ0) is 12.6. The largest absolute Gasteiger partial charge is 0.480 e. The van der Waals surface area contributed by atoms with Crippen LogP contribution in [0.3, 0.4) is 0 Å². The number of imidazole rings is 1. The minimum atomic E-state index is -0.840. The van der Waals surface area contributed by atoms with Gasteiger partial charge in [-0.05, 0) is 0 Å². The Labute approximate surface area is 96.2 Å². The van der Waals surface area contributed by atoms with Crippen LogP contribution in [0, 0.1) is 0 Å². The zero-order valence-electron chi connectivity index (χ0n) is 9.70. The summed E-state index contributed by atoms with van der Waals surface area (Å²) in [5.41, 5.74) is 0.825. The van der Waals surface area contributed by atoms with Crippen LogP contribution in [0.2, 0.25) is 0 Å². The molecule has 1 heterocycles. The first-order chi connectivity index (χ1) is 7.59. The van der Waals surface area contributed by atoms with Crippen LogP contribution in [-0.2, 0) is 11.2 Å². The fourth-order valence-corrected chi connectivity index (χ4v) is 1.24. The normalized spacial score (nSPS) is 11.9.